The van der Waals surface area contributed by atoms with Crippen molar-refractivity contribution in [3.63, 3.8) is 0 Å². The van der Waals surface area contributed by atoms with Crippen molar-refractivity contribution >= 4 is 0 Å². The molecule has 3 nitrogen and oxygen atoms in total. The summed E-state index contributed by atoms with van der Waals surface area (Å²) in [5, 5.41) is 0. The SMILES string of the molecule is CC(ON)OC12CC3CC(CC(C3)C1)C2. The molecule has 2 N–H and O–H groups in total. The van der Waals surface area contributed by atoms with Crippen molar-refractivity contribution in [2.75, 3.05) is 0 Å². The summed E-state index contributed by atoms with van der Waals surface area (Å²) < 4.78 is 6.05. The summed E-state index contributed by atoms with van der Waals surface area (Å²) in [5.74, 6) is 7.93. The minimum absolute atomic E-state index is 0.119. The largest absolute Gasteiger partial charge is 0.345 e. The van der Waals surface area contributed by atoms with Gasteiger partial charge in [-0.1, -0.05) is 0 Å². The lowest BCUT2D eigenvalue weighted by atomic mass is 9.54. The summed E-state index contributed by atoms with van der Waals surface area (Å²) in [4.78, 5) is 4.77. The predicted molar refractivity (Wildman–Crippen MR) is 56.7 cm³/mol. The Morgan fingerprint density at radius 3 is 1.93 bits per heavy atom. The van der Waals surface area contributed by atoms with Crippen LogP contribution in [0, 0.1) is 17.8 Å². The van der Waals surface area contributed by atoms with Gasteiger partial charge in [-0.05, 0) is 63.2 Å². The Hall–Kier alpha value is -0.120. The van der Waals surface area contributed by atoms with Gasteiger partial charge in [0.05, 0.1) is 5.60 Å². The number of rotatable bonds is 3. The zero-order valence-electron chi connectivity index (χ0n) is 9.45. The Kier molecular flexibility index (Phi) is 2.31. The number of ether oxygens (including phenoxy) is 1. The van der Waals surface area contributed by atoms with Crippen LogP contribution in [0.15, 0.2) is 0 Å². The fraction of sp³-hybridized carbons (Fsp3) is 1.00. The highest BCUT2D eigenvalue weighted by atomic mass is 16.8. The normalized spacial score (nSPS) is 49.6. The van der Waals surface area contributed by atoms with Gasteiger partial charge in [-0.15, -0.1) is 0 Å². The van der Waals surface area contributed by atoms with E-state index in [4.69, 9.17) is 15.5 Å². The first kappa shape index (κ1) is 10.1. The maximum Gasteiger partial charge on any atom is 0.174 e. The average molecular weight is 211 g/mol. The lowest BCUT2D eigenvalue weighted by Crippen LogP contribution is -2.53. The monoisotopic (exact) mass is 211 g/mol. The van der Waals surface area contributed by atoms with Crippen LogP contribution in [-0.4, -0.2) is 11.9 Å². The molecule has 0 aromatic heterocycles. The van der Waals surface area contributed by atoms with Crippen LogP contribution in [0.4, 0.5) is 0 Å². The second kappa shape index (κ2) is 3.44. The highest BCUT2D eigenvalue weighted by Crippen LogP contribution is 2.57. The fourth-order valence-corrected chi connectivity index (χ4v) is 4.56. The lowest BCUT2D eigenvalue weighted by molar-refractivity contribution is -0.251. The molecule has 4 saturated carbocycles. The molecule has 1 atom stereocenters. The Balaban J connectivity index is 1.75. The Morgan fingerprint density at radius 1 is 1.07 bits per heavy atom. The van der Waals surface area contributed by atoms with Crippen LogP contribution in [-0.2, 0) is 9.57 Å². The molecule has 4 aliphatic rings. The van der Waals surface area contributed by atoms with Crippen molar-refractivity contribution in [1.82, 2.24) is 0 Å². The maximum absolute atomic E-state index is 6.05. The Morgan fingerprint density at radius 2 is 1.53 bits per heavy atom. The molecule has 15 heavy (non-hydrogen) atoms. The molecular weight excluding hydrogens is 190 g/mol. The third-order valence-corrected chi connectivity index (χ3v) is 4.59. The predicted octanol–water partition coefficient (Wildman–Crippen LogP) is 2.21. The first-order valence-electron chi connectivity index (χ1n) is 6.22. The minimum atomic E-state index is -0.249. The zero-order valence-corrected chi connectivity index (χ0v) is 9.45. The van der Waals surface area contributed by atoms with Crippen LogP contribution in [0.2, 0.25) is 0 Å². The van der Waals surface area contributed by atoms with E-state index in [1.807, 2.05) is 6.92 Å². The molecule has 0 aliphatic heterocycles. The number of nitrogens with two attached hydrogens (primary N) is 1. The molecule has 0 radical (unpaired) electrons. The van der Waals surface area contributed by atoms with Crippen molar-refractivity contribution in [3.8, 4) is 0 Å². The van der Waals surface area contributed by atoms with E-state index < -0.39 is 0 Å². The van der Waals surface area contributed by atoms with Gasteiger partial charge in [0.25, 0.3) is 0 Å². The van der Waals surface area contributed by atoms with Crippen LogP contribution >= 0.6 is 0 Å². The smallest absolute Gasteiger partial charge is 0.174 e. The van der Waals surface area contributed by atoms with Crippen molar-refractivity contribution in [2.45, 2.75) is 57.3 Å². The highest BCUT2D eigenvalue weighted by molar-refractivity contribution is 5.03. The zero-order chi connectivity index (χ0) is 10.5. The quantitative estimate of drug-likeness (QED) is 0.575. The Labute approximate surface area is 91.3 Å². The second-order valence-electron chi connectivity index (χ2n) is 5.92. The van der Waals surface area contributed by atoms with E-state index in [2.05, 4.69) is 0 Å². The summed E-state index contributed by atoms with van der Waals surface area (Å²) in [6, 6.07) is 0. The number of hydrogen-bond donors (Lipinski definition) is 1. The summed E-state index contributed by atoms with van der Waals surface area (Å²) in [7, 11) is 0. The third-order valence-electron chi connectivity index (χ3n) is 4.59. The van der Waals surface area contributed by atoms with Gasteiger partial charge >= 0.3 is 0 Å². The minimum Gasteiger partial charge on any atom is -0.345 e. The molecule has 0 heterocycles. The van der Waals surface area contributed by atoms with Crippen molar-refractivity contribution < 1.29 is 9.57 Å². The van der Waals surface area contributed by atoms with E-state index in [0.717, 1.165) is 17.8 Å². The standard InChI is InChI=1S/C12H21NO2/c1-8(15-13)14-12-5-9-2-10(6-12)4-11(3-9)7-12/h8-11H,2-7,13H2,1H3. The van der Waals surface area contributed by atoms with E-state index in [9.17, 15) is 0 Å². The van der Waals surface area contributed by atoms with Crippen LogP contribution in [0.25, 0.3) is 0 Å². The molecule has 1 unspecified atom stereocenters. The van der Waals surface area contributed by atoms with Crippen molar-refractivity contribution in [1.29, 1.82) is 0 Å². The van der Waals surface area contributed by atoms with Crippen molar-refractivity contribution in [2.24, 2.45) is 23.7 Å². The molecule has 0 aromatic carbocycles. The molecule has 4 aliphatic carbocycles. The first-order chi connectivity index (χ1) is 7.19. The van der Waals surface area contributed by atoms with Gasteiger partial charge in [0, 0.05) is 0 Å². The van der Waals surface area contributed by atoms with E-state index in [1.165, 1.54) is 38.5 Å². The molecule has 0 saturated heterocycles. The number of hydrogen-bond acceptors (Lipinski definition) is 3. The topological polar surface area (TPSA) is 44.5 Å². The summed E-state index contributed by atoms with van der Waals surface area (Å²) in [5.41, 5.74) is 0.119. The van der Waals surface area contributed by atoms with Gasteiger partial charge in [0.15, 0.2) is 6.29 Å². The summed E-state index contributed by atoms with van der Waals surface area (Å²) in [6.07, 6.45) is 7.81. The molecule has 86 valence electrons. The first-order valence-corrected chi connectivity index (χ1v) is 6.22. The van der Waals surface area contributed by atoms with Gasteiger partial charge in [-0.25, -0.2) is 5.90 Å². The molecule has 0 spiro atoms. The van der Waals surface area contributed by atoms with E-state index in [1.54, 1.807) is 0 Å². The molecule has 0 aromatic rings. The fourth-order valence-electron chi connectivity index (χ4n) is 4.56. The maximum atomic E-state index is 6.05. The summed E-state index contributed by atoms with van der Waals surface area (Å²) in [6.45, 7) is 1.90. The average Bonchev–Trinajstić information content (AvgIpc) is 2.14. The molecule has 0 amide bonds. The van der Waals surface area contributed by atoms with Gasteiger partial charge in [-0.3, -0.25) is 4.84 Å². The molecule has 4 rings (SSSR count). The van der Waals surface area contributed by atoms with Crippen LogP contribution in [0.5, 0.6) is 0 Å². The van der Waals surface area contributed by atoms with Crippen LogP contribution in [0.1, 0.15) is 45.4 Å². The van der Waals surface area contributed by atoms with Crippen LogP contribution < -0.4 is 5.90 Å². The van der Waals surface area contributed by atoms with Crippen molar-refractivity contribution in [3.05, 3.63) is 0 Å². The van der Waals surface area contributed by atoms with Gasteiger partial charge in [0.2, 0.25) is 0 Å². The van der Waals surface area contributed by atoms with E-state index in [0.29, 0.717) is 0 Å². The van der Waals surface area contributed by atoms with Gasteiger partial charge < -0.3 is 4.74 Å². The second-order valence-corrected chi connectivity index (χ2v) is 5.92. The summed E-state index contributed by atoms with van der Waals surface area (Å²) >= 11 is 0. The van der Waals surface area contributed by atoms with Crippen LogP contribution in [0.3, 0.4) is 0 Å². The Bertz CT molecular complexity index is 219. The molecule has 3 heteroatoms. The van der Waals surface area contributed by atoms with E-state index >= 15 is 0 Å². The lowest BCUT2D eigenvalue weighted by Gasteiger charge is -2.56. The van der Waals surface area contributed by atoms with Gasteiger partial charge in [-0.2, -0.15) is 0 Å². The molecule has 4 bridgehead atoms. The van der Waals surface area contributed by atoms with Gasteiger partial charge in [0.1, 0.15) is 0 Å². The molecular formula is C12H21NO2. The third kappa shape index (κ3) is 1.71. The highest BCUT2D eigenvalue weighted by Gasteiger charge is 2.52. The molecule has 4 fully saturated rings. The van der Waals surface area contributed by atoms with E-state index in [-0.39, 0.29) is 11.9 Å².